The normalized spacial score (nSPS) is 27.0. The van der Waals surface area contributed by atoms with Gasteiger partial charge in [0.1, 0.15) is 0 Å². The second kappa shape index (κ2) is 6.37. The van der Waals surface area contributed by atoms with E-state index in [9.17, 15) is 13.2 Å². The van der Waals surface area contributed by atoms with Crippen LogP contribution in [0, 0.1) is 0 Å². The minimum atomic E-state index is -3.55. The number of carbonyl (C=O) groups excluding carboxylic acids is 1. The fourth-order valence-electron chi connectivity index (χ4n) is 4.49. The first-order chi connectivity index (χ1) is 12.0. The minimum absolute atomic E-state index is 0.0328. The molecule has 6 nitrogen and oxygen atoms in total. The van der Waals surface area contributed by atoms with E-state index in [0.29, 0.717) is 11.4 Å². The van der Waals surface area contributed by atoms with E-state index >= 15 is 0 Å². The number of benzene rings is 1. The third-order valence-corrected chi connectivity index (χ3v) is 7.72. The Hall–Kier alpha value is -1.44. The van der Waals surface area contributed by atoms with Crippen molar-refractivity contribution in [3.8, 4) is 0 Å². The van der Waals surface area contributed by atoms with Gasteiger partial charge in [0, 0.05) is 37.8 Å². The molecule has 0 radical (unpaired) electrons. The molecule has 0 aliphatic carbocycles. The Morgan fingerprint density at radius 3 is 2.80 bits per heavy atom. The number of aryl methyl sites for hydroxylation is 1. The fraction of sp³-hybridized carbons (Fsp3) is 0.611. The third-order valence-electron chi connectivity index (χ3n) is 5.72. The molecule has 1 aromatic rings. The van der Waals surface area contributed by atoms with Crippen LogP contribution in [-0.2, 0) is 21.2 Å². The largest absolute Gasteiger partial charge is 0.315 e. The molecule has 7 heteroatoms. The molecule has 3 aliphatic heterocycles. The predicted molar refractivity (Wildman–Crippen MR) is 96.1 cm³/mol. The lowest BCUT2D eigenvalue weighted by atomic mass is 10.0. The van der Waals surface area contributed by atoms with Crippen LogP contribution in [0.15, 0.2) is 23.1 Å². The van der Waals surface area contributed by atoms with Crippen LogP contribution in [0.3, 0.4) is 0 Å². The average Bonchev–Trinajstić information content (AvgIpc) is 2.87. The number of carbonyl (C=O) groups is 1. The highest BCUT2D eigenvalue weighted by Gasteiger charge is 2.43. The van der Waals surface area contributed by atoms with Gasteiger partial charge in [-0.25, -0.2) is 8.42 Å². The number of hydrogen-bond donors (Lipinski definition) is 1. The van der Waals surface area contributed by atoms with E-state index in [2.05, 4.69) is 5.32 Å². The summed E-state index contributed by atoms with van der Waals surface area (Å²) in [4.78, 5) is 14.0. The third kappa shape index (κ3) is 2.88. The molecule has 3 aliphatic rings. The molecule has 0 spiro atoms. The van der Waals surface area contributed by atoms with Crippen LogP contribution >= 0.6 is 0 Å². The number of nitrogens with one attached hydrogen (secondary N) is 1. The number of hydrogen-bond acceptors (Lipinski definition) is 4. The molecule has 0 aromatic heterocycles. The summed E-state index contributed by atoms with van der Waals surface area (Å²) in [6.45, 7) is 3.79. The first-order valence-electron chi connectivity index (χ1n) is 9.14. The highest BCUT2D eigenvalue weighted by atomic mass is 32.2. The van der Waals surface area contributed by atoms with Crippen LogP contribution < -0.4 is 10.2 Å². The summed E-state index contributed by atoms with van der Waals surface area (Å²) in [5.41, 5.74) is 1.82. The lowest BCUT2D eigenvalue weighted by molar-refractivity contribution is -0.116. The molecule has 2 saturated heterocycles. The Morgan fingerprint density at radius 2 is 2.00 bits per heavy atom. The zero-order valence-electron chi connectivity index (χ0n) is 14.6. The van der Waals surface area contributed by atoms with Crippen LogP contribution in [-0.4, -0.2) is 50.3 Å². The van der Waals surface area contributed by atoms with E-state index in [1.54, 1.807) is 21.3 Å². The van der Waals surface area contributed by atoms with Gasteiger partial charge in [0.15, 0.2) is 0 Å². The molecular formula is C18H25N3O3S. The van der Waals surface area contributed by atoms with Crippen LogP contribution in [0.25, 0.3) is 0 Å². The van der Waals surface area contributed by atoms with Gasteiger partial charge in [-0.2, -0.15) is 4.31 Å². The van der Waals surface area contributed by atoms with E-state index in [1.807, 2.05) is 6.07 Å². The number of nitrogens with zero attached hydrogens (tertiary/aromatic N) is 2. The summed E-state index contributed by atoms with van der Waals surface area (Å²) in [5.74, 6) is -0.0328. The number of anilines is 1. The van der Waals surface area contributed by atoms with Crippen molar-refractivity contribution in [1.29, 1.82) is 0 Å². The minimum Gasteiger partial charge on any atom is -0.315 e. The molecule has 4 rings (SSSR count). The Labute approximate surface area is 149 Å². The summed E-state index contributed by atoms with van der Waals surface area (Å²) in [6, 6.07) is 5.44. The van der Waals surface area contributed by atoms with Gasteiger partial charge in [-0.1, -0.05) is 6.07 Å². The Bertz CT molecular complexity index is 779. The van der Waals surface area contributed by atoms with Gasteiger partial charge in [0.2, 0.25) is 15.9 Å². The zero-order valence-corrected chi connectivity index (χ0v) is 15.4. The average molecular weight is 363 g/mol. The Balaban J connectivity index is 1.74. The van der Waals surface area contributed by atoms with Crippen LogP contribution in [0.1, 0.15) is 38.2 Å². The second-order valence-electron chi connectivity index (χ2n) is 7.28. The Kier molecular flexibility index (Phi) is 4.33. The number of fused-ring (bicyclic) bond motifs is 3. The van der Waals surface area contributed by atoms with Crippen molar-refractivity contribution < 1.29 is 13.2 Å². The maximum absolute atomic E-state index is 13.4. The number of rotatable bonds is 2. The molecule has 2 bridgehead atoms. The SMILES string of the molecule is CC(=O)N1CCCc2ccc(S(=O)(=O)N3C4CCNCC3CC4)cc21. The van der Waals surface area contributed by atoms with E-state index in [-0.39, 0.29) is 18.0 Å². The summed E-state index contributed by atoms with van der Waals surface area (Å²) in [6.07, 6.45) is 4.52. The topological polar surface area (TPSA) is 69.7 Å². The van der Waals surface area contributed by atoms with Crippen molar-refractivity contribution in [3.63, 3.8) is 0 Å². The van der Waals surface area contributed by atoms with E-state index < -0.39 is 10.0 Å². The highest BCUT2D eigenvalue weighted by Crippen LogP contribution is 2.36. The lowest BCUT2D eigenvalue weighted by Crippen LogP contribution is -2.42. The molecule has 3 heterocycles. The van der Waals surface area contributed by atoms with Crippen LogP contribution in [0.4, 0.5) is 5.69 Å². The van der Waals surface area contributed by atoms with E-state index in [0.717, 1.165) is 56.4 Å². The van der Waals surface area contributed by atoms with Gasteiger partial charge in [-0.05, 0) is 56.3 Å². The fourth-order valence-corrected chi connectivity index (χ4v) is 6.41. The smallest absolute Gasteiger partial charge is 0.243 e. The van der Waals surface area contributed by atoms with Gasteiger partial charge in [-0.3, -0.25) is 4.79 Å². The molecule has 2 fully saturated rings. The first-order valence-corrected chi connectivity index (χ1v) is 10.6. The van der Waals surface area contributed by atoms with E-state index in [4.69, 9.17) is 0 Å². The molecule has 1 amide bonds. The maximum Gasteiger partial charge on any atom is 0.243 e. The van der Waals surface area contributed by atoms with Crippen molar-refractivity contribution in [3.05, 3.63) is 23.8 Å². The van der Waals surface area contributed by atoms with Crippen LogP contribution in [0.5, 0.6) is 0 Å². The quantitative estimate of drug-likeness (QED) is 0.865. The van der Waals surface area contributed by atoms with Crippen molar-refractivity contribution in [2.45, 2.75) is 56.0 Å². The van der Waals surface area contributed by atoms with Gasteiger partial charge >= 0.3 is 0 Å². The monoisotopic (exact) mass is 363 g/mol. The molecule has 2 unspecified atom stereocenters. The van der Waals surface area contributed by atoms with E-state index in [1.165, 1.54) is 6.92 Å². The summed E-state index contributed by atoms with van der Waals surface area (Å²) >= 11 is 0. The molecule has 136 valence electrons. The number of amides is 1. The maximum atomic E-state index is 13.4. The summed E-state index contributed by atoms with van der Waals surface area (Å²) in [7, 11) is -3.55. The van der Waals surface area contributed by atoms with Crippen molar-refractivity contribution in [2.75, 3.05) is 24.5 Å². The zero-order chi connectivity index (χ0) is 17.6. The van der Waals surface area contributed by atoms with Gasteiger partial charge in [0.25, 0.3) is 0 Å². The van der Waals surface area contributed by atoms with Gasteiger partial charge < -0.3 is 10.2 Å². The highest BCUT2D eigenvalue weighted by molar-refractivity contribution is 7.89. The number of sulfonamides is 1. The predicted octanol–water partition coefficient (Wildman–Crippen LogP) is 1.50. The lowest BCUT2D eigenvalue weighted by Gasteiger charge is -2.31. The van der Waals surface area contributed by atoms with Gasteiger partial charge in [0.05, 0.1) is 4.90 Å². The van der Waals surface area contributed by atoms with Gasteiger partial charge in [-0.15, -0.1) is 0 Å². The Morgan fingerprint density at radius 1 is 1.20 bits per heavy atom. The standard InChI is InChI=1S/C18H25N3O3S/c1-13(22)20-10-2-3-14-4-7-17(11-18(14)20)25(23,24)21-15-5-6-16(21)12-19-9-8-15/h4,7,11,15-16,19H,2-3,5-6,8-10,12H2,1H3. The molecule has 1 N–H and O–H groups in total. The molecular weight excluding hydrogens is 338 g/mol. The van der Waals surface area contributed by atoms with Crippen molar-refractivity contribution in [1.82, 2.24) is 9.62 Å². The summed E-state index contributed by atoms with van der Waals surface area (Å²) < 4.78 is 28.4. The molecule has 1 aromatic carbocycles. The van der Waals surface area contributed by atoms with Crippen molar-refractivity contribution >= 4 is 21.6 Å². The molecule has 2 atom stereocenters. The van der Waals surface area contributed by atoms with Crippen molar-refractivity contribution in [2.24, 2.45) is 0 Å². The second-order valence-corrected chi connectivity index (χ2v) is 9.12. The van der Waals surface area contributed by atoms with Crippen LogP contribution in [0.2, 0.25) is 0 Å². The summed E-state index contributed by atoms with van der Waals surface area (Å²) in [5, 5.41) is 3.35. The molecule has 0 saturated carbocycles. The molecule has 25 heavy (non-hydrogen) atoms. The first kappa shape index (κ1) is 17.0.